The van der Waals surface area contributed by atoms with Gasteiger partial charge in [-0.15, -0.1) is 0 Å². The predicted octanol–water partition coefficient (Wildman–Crippen LogP) is 3.81. The Kier molecular flexibility index (Phi) is 7.73. The second-order valence-corrected chi connectivity index (χ2v) is 6.91. The molecule has 0 unspecified atom stereocenters. The Balaban J connectivity index is 1.51. The standard InChI is InChI=1S/C22H19ClN4O4/c23-17-8-4-9-18(14-17)27(13-5-12-24)20(28)15-30-21(29)11-10-19-25-22(26-31-19)16-6-2-1-3-7-16/h1-4,6-9,14H,5,10-11,13,15H2. The van der Waals surface area contributed by atoms with Crippen LogP contribution in [-0.4, -0.2) is 35.2 Å². The summed E-state index contributed by atoms with van der Waals surface area (Å²) in [5.41, 5.74) is 1.34. The summed E-state index contributed by atoms with van der Waals surface area (Å²) in [4.78, 5) is 30.2. The highest BCUT2D eigenvalue weighted by molar-refractivity contribution is 6.30. The number of esters is 1. The number of aromatic nitrogens is 2. The molecule has 2 aromatic carbocycles. The number of carbonyl (C=O) groups is 2. The lowest BCUT2D eigenvalue weighted by molar-refractivity contribution is -0.147. The number of ether oxygens (including phenoxy) is 1. The second-order valence-electron chi connectivity index (χ2n) is 6.47. The summed E-state index contributed by atoms with van der Waals surface area (Å²) in [6, 6.07) is 18.0. The summed E-state index contributed by atoms with van der Waals surface area (Å²) in [7, 11) is 0. The zero-order chi connectivity index (χ0) is 22.1. The molecule has 0 bridgehead atoms. The molecule has 0 spiro atoms. The molecule has 0 saturated heterocycles. The fraction of sp³-hybridized carbons (Fsp3) is 0.227. The molecule has 3 aromatic rings. The molecule has 0 radical (unpaired) electrons. The molecule has 1 heterocycles. The molecule has 1 amide bonds. The van der Waals surface area contributed by atoms with E-state index in [-0.39, 0.29) is 25.8 Å². The molecule has 158 valence electrons. The highest BCUT2D eigenvalue weighted by atomic mass is 35.5. The van der Waals surface area contributed by atoms with Gasteiger partial charge < -0.3 is 14.2 Å². The van der Waals surface area contributed by atoms with Crippen molar-refractivity contribution in [2.24, 2.45) is 0 Å². The third kappa shape index (κ3) is 6.39. The third-order valence-electron chi connectivity index (χ3n) is 4.27. The molecule has 0 aliphatic carbocycles. The number of benzene rings is 2. The minimum Gasteiger partial charge on any atom is -0.456 e. The maximum Gasteiger partial charge on any atom is 0.306 e. The molecule has 0 aliphatic rings. The van der Waals surface area contributed by atoms with Gasteiger partial charge in [-0.3, -0.25) is 9.59 Å². The Hall–Kier alpha value is -3.70. The number of carbonyl (C=O) groups excluding carboxylic acids is 2. The summed E-state index contributed by atoms with van der Waals surface area (Å²) in [5, 5.41) is 13.2. The van der Waals surface area contributed by atoms with Crippen molar-refractivity contribution in [3.63, 3.8) is 0 Å². The molecule has 0 saturated carbocycles. The van der Waals surface area contributed by atoms with Crippen LogP contribution in [0.1, 0.15) is 18.7 Å². The van der Waals surface area contributed by atoms with Crippen LogP contribution in [0.15, 0.2) is 59.1 Å². The van der Waals surface area contributed by atoms with E-state index in [1.165, 1.54) is 4.90 Å². The molecule has 0 atom stereocenters. The largest absolute Gasteiger partial charge is 0.456 e. The van der Waals surface area contributed by atoms with E-state index in [1.54, 1.807) is 24.3 Å². The first-order valence-corrected chi connectivity index (χ1v) is 9.91. The van der Waals surface area contributed by atoms with Crippen LogP contribution >= 0.6 is 11.6 Å². The van der Waals surface area contributed by atoms with Crippen molar-refractivity contribution in [2.75, 3.05) is 18.1 Å². The molecule has 1 aromatic heterocycles. The average Bonchev–Trinajstić information content (AvgIpc) is 3.26. The van der Waals surface area contributed by atoms with Crippen LogP contribution in [0.4, 0.5) is 5.69 Å². The molecule has 0 aliphatic heterocycles. The van der Waals surface area contributed by atoms with Crippen molar-refractivity contribution < 1.29 is 18.8 Å². The number of hydrogen-bond acceptors (Lipinski definition) is 7. The molecular weight excluding hydrogens is 420 g/mol. The highest BCUT2D eigenvalue weighted by Crippen LogP contribution is 2.20. The highest BCUT2D eigenvalue weighted by Gasteiger charge is 2.18. The number of nitrogens with zero attached hydrogens (tertiary/aromatic N) is 4. The van der Waals surface area contributed by atoms with E-state index in [9.17, 15) is 9.59 Å². The maximum absolute atomic E-state index is 12.6. The number of amides is 1. The molecule has 9 heteroatoms. The number of halogens is 1. The zero-order valence-electron chi connectivity index (χ0n) is 16.5. The molecular formula is C22H19ClN4O4. The van der Waals surface area contributed by atoms with Crippen molar-refractivity contribution in [2.45, 2.75) is 19.3 Å². The number of aryl methyl sites for hydroxylation is 1. The van der Waals surface area contributed by atoms with Gasteiger partial charge in [0.25, 0.3) is 5.91 Å². The van der Waals surface area contributed by atoms with E-state index >= 15 is 0 Å². The number of nitriles is 1. The van der Waals surface area contributed by atoms with Crippen molar-refractivity contribution in [3.8, 4) is 17.5 Å². The van der Waals surface area contributed by atoms with Gasteiger partial charge in [0, 0.05) is 29.2 Å². The first kappa shape index (κ1) is 22.0. The van der Waals surface area contributed by atoms with Crippen LogP contribution in [0, 0.1) is 11.3 Å². The van der Waals surface area contributed by atoms with Crippen LogP contribution in [0.3, 0.4) is 0 Å². The Labute approximate surface area is 184 Å². The summed E-state index contributed by atoms with van der Waals surface area (Å²) < 4.78 is 10.3. The monoisotopic (exact) mass is 438 g/mol. The smallest absolute Gasteiger partial charge is 0.306 e. The van der Waals surface area contributed by atoms with Gasteiger partial charge in [-0.05, 0) is 18.2 Å². The molecule has 8 nitrogen and oxygen atoms in total. The number of anilines is 1. The zero-order valence-corrected chi connectivity index (χ0v) is 17.3. The van der Waals surface area contributed by atoms with Gasteiger partial charge in [0.2, 0.25) is 11.7 Å². The van der Waals surface area contributed by atoms with Crippen LogP contribution in [-0.2, 0) is 20.7 Å². The van der Waals surface area contributed by atoms with Crippen LogP contribution < -0.4 is 4.90 Å². The van der Waals surface area contributed by atoms with Gasteiger partial charge in [0.05, 0.1) is 18.9 Å². The average molecular weight is 439 g/mol. The fourth-order valence-corrected chi connectivity index (χ4v) is 2.95. The molecule has 3 rings (SSSR count). The van der Waals surface area contributed by atoms with Gasteiger partial charge >= 0.3 is 5.97 Å². The van der Waals surface area contributed by atoms with Crippen molar-refractivity contribution in [3.05, 3.63) is 65.5 Å². The number of rotatable bonds is 9. The first-order valence-electron chi connectivity index (χ1n) is 9.53. The van der Waals surface area contributed by atoms with E-state index in [0.29, 0.717) is 22.4 Å². The van der Waals surface area contributed by atoms with Gasteiger partial charge in [0.1, 0.15) is 0 Å². The fourth-order valence-electron chi connectivity index (χ4n) is 2.77. The Bertz CT molecular complexity index is 1080. The second kappa shape index (κ2) is 10.9. The van der Waals surface area contributed by atoms with Gasteiger partial charge in [-0.25, -0.2) is 0 Å². The molecule has 0 N–H and O–H groups in total. The lowest BCUT2D eigenvalue weighted by Crippen LogP contribution is -2.35. The van der Waals surface area contributed by atoms with E-state index in [0.717, 1.165) is 5.56 Å². The maximum atomic E-state index is 12.6. The van der Waals surface area contributed by atoms with Crippen molar-refractivity contribution in [1.29, 1.82) is 5.26 Å². The quantitative estimate of drug-likeness (QED) is 0.467. The third-order valence-corrected chi connectivity index (χ3v) is 4.50. The predicted molar refractivity (Wildman–Crippen MR) is 113 cm³/mol. The first-order chi connectivity index (χ1) is 15.1. The Morgan fingerprint density at radius 1 is 1.16 bits per heavy atom. The Morgan fingerprint density at radius 3 is 2.71 bits per heavy atom. The summed E-state index contributed by atoms with van der Waals surface area (Å²) in [6.07, 6.45) is 0.311. The lowest BCUT2D eigenvalue weighted by Gasteiger charge is -2.21. The minimum atomic E-state index is -0.570. The molecule has 31 heavy (non-hydrogen) atoms. The van der Waals surface area contributed by atoms with Crippen LogP contribution in [0.25, 0.3) is 11.4 Å². The summed E-state index contributed by atoms with van der Waals surface area (Å²) >= 11 is 5.99. The van der Waals surface area contributed by atoms with E-state index in [4.69, 9.17) is 26.1 Å². The lowest BCUT2D eigenvalue weighted by atomic mass is 10.2. The van der Waals surface area contributed by atoms with Crippen molar-refractivity contribution >= 4 is 29.2 Å². The van der Waals surface area contributed by atoms with Gasteiger partial charge in [-0.1, -0.05) is 53.2 Å². The van der Waals surface area contributed by atoms with Gasteiger partial charge in [0.15, 0.2) is 6.61 Å². The SMILES string of the molecule is N#CCCN(C(=O)COC(=O)CCc1nc(-c2ccccc2)no1)c1cccc(Cl)c1. The molecule has 0 fully saturated rings. The summed E-state index contributed by atoms with van der Waals surface area (Å²) in [6.45, 7) is -0.284. The Morgan fingerprint density at radius 2 is 1.97 bits per heavy atom. The van der Waals surface area contributed by atoms with Crippen molar-refractivity contribution in [1.82, 2.24) is 10.1 Å². The number of hydrogen-bond donors (Lipinski definition) is 0. The van der Waals surface area contributed by atoms with Crippen LogP contribution in [0.2, 0.25) is 5.02 Å². The summed E-state index contributed by atoms with van der Waals surface area (Å²) in [5.74, 6) is -0.278. The van der Waals surface area contributed by atoms with E-state index < -0.39 is 18.5 Å². The van der Waals surface area contributed by atoms with Gasteiger partial charge in [-0.2, -0.15) is 10.2 Å². The van der Waals surface area contributed by atoms with E-state index in [2.05, 4.69) is 10.1 Å². The van der Waals surface area contributed by atoms with Crippen LogP contribution in [0.5, 0.6) is 0 Å². The van der Waals surface area contributed by atoms with E-state index in [1.807, 2.05) is 36.4 Å². The normalized spacial score (nSPS) is 10.3. The topological polar surface area (TPSA) is 109 Å². The minimum absolute atomic E-state index is 0.0148.